The van der Waals surface area contributed by atoms with E-state index in [0.717, 1.165) is 4.46 Å². The summed E-state index contributed by atoms with van der Waals surface area (Å²) in [4.78, 5) is 18.5. The molecule has 1 saturated heterocycles. The van der Waals surface area contributed by atoms with Crippen molar-refractivity contribution in [3.05, 3.63) is 43.0 Å². The van der Waals surface area contributed by atoms with Gasteiger partial charge in [-0.2, -0.15) is 0 Å². The fourth-order valence-electron chi connectivity index (χ4n) is 3.08. The van der Waals surface area contributed by atoms with Crippen LogP contribution in [0.25, 0.3) is 11.2 Å². The molecule has 0 radical (unpaired) electrons. The molecule has 0 saturated carbocycles. The molecule has 0 amide bonds. The summed E-state index contributed by atoms with van der Waals surface area (Å²) < 4.78 is 29.6. The first-order valence-corrected chi connectivity index (χ1v) is 10.8. The summed E-state index contributed by atoms with van der Waals surface area (Å²) in [6, 6.07) is 9.86. The van der Waals surface area contributed by atoms with E-state index in [-0.39, 0.29) is 19.8 Å². The second-order valence-electron chi connectivity index (χ2n) is 6.70. The molecule has 1 fully saturated rings. The van der Waals surface area contributed by atoms with Crippen LogP contribution in [0.15, 0.2) is 48.0 Å². The van der Waals surface area contributed by atoms with E-state index in [1.807, 2.05) is 44.4 Å². The first-order valence-electron chi connectivity index (χ1n) is 9.00. The van der Waals surface area contributed by atoms with Gasteiger partial charge in [0, 0.05) is 0 Å². The Morgan fingerprint density at radius 1 is 1.24 bits per heavy atom. The topological polar surface area (TPSA) is 77.7 Å². The van der Waals surface area contributed by atoms with Gasteiger partial charge in [0.05, 0.1) is 0 Å². The minimum absolute atomic E-state index is 0.150. The molecule has 152 valence electrons. The van der Waals surface area contributed by atoms with Crippen LogP contribution in [0.2, 0.25) is 4.82 Å². The van der Waals surface area contributed by atoms with E-state index in [9.17, 15) is 0 Å². The number of halogens is 1. The molecule has 4 rings (SSSR count). The van der Waals surface area contributed by atoms with Gasteiger partial charge in [0.1, 0.15) is 0 Å². The molecule has 2 aromatic heterocycles. The molecule has 0 spiro atoms. The average molecular weight is 463 g/mol. The van der Waals surface area contributed by atoms with Crippen molar-refractivity contribution in [3.8, 4) is 0 Å². The number of benzene rings is 1. The maximum absolute atomic E-state index is 15.5. The zero-order chi connectivity index (χ0) is 20.4. The maximum atomic E-state index is 15.5. The van der Waals surface area contributed by atoms with Crippen LogP contribution in [-0.2, 0) is 9.47 Å². The van der Waals surface area contributed by atoms with Crippen LogP contribution < -0.4 is 4.46 Å². The van der Waals surface area contributed by atoms with Crippen molar-refractivity contribution in [2.24, 2.45) is 4.99 Å². The number of ether oxygens (including phenoxy) is 2. The van der Waals surface area contributed by atoms with E-state index >= 15 is 4.39 Å². The second kappa shape index (κ2) is 8.54. The molecule has 0 bridgehead atoms. The third kappa shape index (κ3) is 4.02. The Balaban J connectivity index is 1.64. The molecule has 29 heavy (non-hydrogen) atoms. The molecule has 3 aromatic rings. The number of methoxy groups -OCH3 is 1. The predicted octanol–water partition coefficient (Wildman–Crippen LogP) is 1.71. The third-order valence-electron chi connectivity index (χ3n) is 4.40. The number of alkyl halides is 1. The molecular formula is C19H21FN6O2Se. The summed E-state index contributed by atoms with van der Waals surface area (Å²) in [6.07, 6.45) is 1.77. The molecular weight excluding hydrogens is 442 g/mol. The van der Waals surface area contributed by atoms with Crippen molar-refractivity contribution in [1.82, 2.24) is 24.4 Å². The number of hydrogen-bond acceptors (Lipinski definition) is 6. The first-order chi connectivity index (χ1) is 14.1. The normalized spacial score (nSPS) is 24.6. The molecule has 0 unspecified atom stereocenters. The number of imidazole rings is 1. The summed E-state index contributed by atoms with van der Waals surface area (Å²) in [5, 5.41) is 0. The summed E-state index contributed by atoms with van der Waals surface area (Å²) in [5.41, 5.74) is 0.966. The standard InChI is InChI=1S/C19H21FN6O2Se/c1-25(2)10-24-16-14-17(22-9-21-16)26(11-23-14)18-13(20)15(19(27-3)28-18)29-12-7-5-4-6-8-12/h4-11,13,15,18-19H,1-3H3/t13-,15-,18+,19-/m0/s1. The van der Waals surface area contributed by atoms with Gasteiger partial charge in [0.2, 0.25) is 0 Å². The predicted molar refractivity (Wildman–Crippen MR) is 109 cm³/mol. The Bertz CT molecular complexity index is 999. The minimum atomic E-state index is -1.26. The summed E-state index contributed by atoms with van der Waals surface area (Å²) in [6.45, 7) is 0. The molecule has 4 atom stereocenters. The summed E-state index contributed by atoms with van der Waals surface area (Å²) in [7, 11) is 5.26. The monoisotopic (exact) mass is 464 g/mol. The number of nitrogens with zero attached hydrogens (tertiary/aromatic N) is 6. The molecule has 8 nitrogen and oxygen atoms in total. The molecule has 1 aromatic carbocycles. The third-order valence-corrected chi connectivity index (χ3v) is 7.13. The Morgan fingerprint density at radius 3 is 2.76 bits per heavy atom. The Labute approximate surface area is 173 Å². The summed E-state index contributed by atoms with van der Waals surface area (Å²) >= 11 is -0.150. The second-order valence-corrected chi connectivity index (χ2v) is 9.33. The van der Waals surface area contributed by atoms with Gasteiger partial charge in [-0.1, -0.05) is 0 Å². The van der Waals surface area contributed by atoms with E-state index in [2.05, 4.69) is 19.9 Å². The number of aliphatic imine (C=N–C) groups is 1. The number of aromatic nitrogens is 4. The Hall–Kier alpha value is -2.39. The Kier molecular flexibility index (Phi) is 5.86. The van der Waals surface area contributed by atoms with Crippen LogP contribution in [0.3, 0.4) is 0 Å². The van der Waals surface area contributed by atoms with E-state index in [1.54, 1.807) is 15.8 Å². The van der Waals surface area contributed by atoms with Gasteiger partial charge >= 0.3 is 174 Å². The van der Waals surface area contributed by atoms with Crippen LogP contribution in [-0.4, -0.2) is 79.4 Å². The van der Waals surface area contributed by atoms with Gasteiger partial charge in [-0.05, 0) is 0 Å². The van der Waals surface area contributed by atoms with Crippen molar-refractivity contribution in [2.75, 3.05) is 21.2 Å². The van der Waals surface area contributed by atoms with Gasteiger partial charge in [0.15, 0.2) is 0 Å². The molecule has 1 aliphatic heterocycles. The fourth-order valence-corrected chi connectivity index (χ4v) is 5.55. The zero-order valence-electron chi connectivity index (χ0n) is 16.2. The van der Waals surface area contributed by atoms with Crippen LogP contribution >= 0.6 is 0 Å². The van der Waals surface area contributed by atoms with Crippen LogP contribution in [0.5, 0.6) is 0 Å². The average Bonchev–Trinajstić information content (AvgIpc) is 3.29. The van der Waals surface area contributed by atoms with Crippen LogP contribution in [0.4, 0.5) is 10.2 Å². The summed E-state index contributed by atoms with van der Waals surface area (Å²) in [5.74, 6) is 0.421. The van der Waals surface area contributed by atoms with E-state index in [0.29, 0.717) is 17.0 Å². The van der Waals surface area contributed by atoms with Gasteiger partial charge in [0.25, 0.3) is 0 Å². The molecule has 0 N–H and O–H groups in total. The van der Waals surface area contributed by atoms with Crippen molar-refractivity contribution < 1.29 is 13.9 Å². The van der Waals surface area contributed by atoms with E-state index in [4.69, 9.17) is 9.47 Å². The van der Waals surface area contributed by atoms with Crippen LogP contribution in [0.1, 0.15) is 6.23 Å². The van der Waals surface area contributed by atoms with Gasteiger partial charge in [-0.15, -0.1) is 0 Å². The zero-order valence-corrected chi connectivity index (χ0v) is 17.9. The SMILES string of the molecule is CO[C@H]1O[C@@H](n2cnc3c(N=CN(C)C)ncnc32)[C@@H](F)[C@@H]1[Se]c1ccccc1. The first kappa shape index (κ1) is 19.9. The van der Waals surface area contributed by atoms with Crippen LogP contribution in [0, 0.1) is 0 Å². The van der Waals surface area contributed by atoms with Crippen molar-refractivity contribution in [2.45, 2.75) is 23.5 Å². The molecule has 10 heteroatoms. The molecule has 0 aliphatic carbocycles. The Morgan fingerprint density at radius 2 is 2.03 bits per heavy atom. The van der Waals surface area contributed by atoms with Gasteiger partial charge < -0.3 is 0 Å². The van der Waals surface area contributed by atoms with Gasteiger partial charge in [-0.3, -0.25) is 0 Å². The van der Waals surface area contributed by atoms with Crippen molar-refractivity contribution in [3.63, 3.8) is 0 Å². The van der Waals surface area contributed by atoms with E-state index < -0.39 is 18.7 Å². The van der Waals surface area contributed by atoms with Crippen molar-refractivity contribution in [1.29, 1.82) is 0 Å². The molecule has 3 heterocycles. The van der Waals surface area contributed by atoms with E-state index in [1.165, 1.54) is 19.8 Å². The van der Waals surface area contributed by atoms with Crippen molar-refractivity contribution >= 4 is 42.7 Å². The quantitative estimate of drug-likeness (QED) is 0.315. The number of rotatable bonds is 6. The fraction of sp³-hybridized carbons (Fsp3) is 0.368. The van der Waals surface area contributed by atoms with Gasteiger partial charge in [-0.25, -0.2) is 0 Å². The number of fused-ring (bicyclic) bond motifs is 1. The number of hydrogen-bond donors (Lipinski definition) is 0. The molecule has 1 aliphatic rings.